The van der Waals surface area contributed by atoms with Crippen LogP contribution < -0.4 is 11.1 Å². The Bertz CT molecular complexity index is 1180. The summed E-state index contributed by atoms with van der Waals surface area (Å²) in [6, 6.07) is 5.99. The molecule has 1 fully saturated rings. The molecule has 3 aromatic rings. The summed E-state index contributed by atoms with van der Waals surface area (Å²) in [6.45, 7) is 1.80. The van der Waals surface area contributed by atoms with Gasteiger partial charge in [-0.05, 0) is 49.1 Å². The average molecular weight is 475 g/mol. The molecule has 2 aromatic heterocycles. The van der Waals surface area contributed by atoms with Crippen molar-refractivity contribution < 1.29 is 22.8 Å². The summed E-state index contributed by atoms with van der Waals surface area (Å²) in [5.41, 5.74) is 6.38. The maximum Gasteiger partial charge on any atom is 0.433 e. The molecule has 0 spiro atoms. The van der Waals surface area contributed by atoms with Crippen molar-refractivity contribution in [3.8, 4) is 0 Å². The number of nitrogens with zero attached hydrogens (tertiary/aromatic N) is 3. The number of ketones is 1. The number of nitrogens with one attached hydrogen (secondary N) is 1. The van der Waals surface area contributed by atoms with Crippen LogP contribution in [0.2, 0.25) is 0 Å². The number of hydrogen-bond donors (Lipinski definition) is 2. The third-order valence-electron chi connectivity index (χ3n) is 5.58. The molecule has 3 N–H and O–H groups in total. The number of amides is 1. The minimum absolute atomic E-state index is 0.0608. The van der Waals surface area contributed by atoms with Crippen LogP contribution >= 0.6 is 11.3 Å². The summed E-state index contributed by atoms with van der Waals surface area (Å²) in [7, 11) is 0. The van der Waals surface area contributed by atoms with Crippen molar-refractivity contribution in [2.24, 2.45) is 11.7 Å². The van der Waals surface area contributed by atoms with E-state index >= 15 is 0 Å². The van der Waals surface area contributed by atoms with Crippen molar-refractivity contribution in [3.63, 3.8) is 0 Å². The van der Waals surface area contributed by atoms with E-state index in [1.54, 1.807) is 30.6 Å². The first-order valence-corrected chi connectivity index (χ1v) is 11.0. The van der Waals surface area contributed by atoms with Crippen LogP contribution in [0.1, 0.15) is 46.5 Å². The van der Waals surface area contributed by atoms with E-state index in [1.807, 2.05) is 6.07 Å². The van der Waals surface area contributed by atoms with E-state index in [9.17, 15) is 22.8 Å². The third-order valence-corrected chi connectivity index (χ3v) is 6.47. The number of halogens is 3. The molecule has 0 radical (unpaired) electrons. The molecule has 0 aliphatic heterocycles. The van der Waals surface area contributed by atoms with Gasteiger partial charge in [0.25, 0.3) is 0 Å². The zero-order valence-corrected chi connectivity index (χ0v) is 18.3. The Hall–Kier alpha value is -3.34. The van der Waals surface area contributed by atoms with Crippen molar-refractivity contribution >= 4 is 34.7 Å². The molecule has 0 saturated heterocycles. The van der Waals surface area contributed by atoms with Crippen molar-refractivity contribution in [2.45, 2.75) is 37.8 Å². The second kappa shape index (κ2) is 8.89. The van der Waals surface area contributed by atoms with E-state index in [0.717, 1.165) is 17.8 Å². The molecule has 2 heterocycles. The number of nitrogens with two attached hydrogens (primary N) is 1. The van der Waals surface area contributed by atoms with Gasteiger partial charge in [-0.25, -0.2) is 15.0 Å². The van der Waals surface area contributed by atoms with Gasteiger partial charge in [-0.1, -0.05) is 6.07 Å². The summed E-state index contributed by atoms with van der Waals surface area (Å²) in [4.78, 5) is 37.0. The first-order valence-electron chi connectivity index (χ1n) is 10.1. The number of primary amides is 1. The maximum atomic E-state index is 13.4. The number of carbonyl (C=O) groups excluding carboxylic acids is 2. The zero-order chi connectivity index (χ0) is 23.8. The number of alkyl halides is 3. The smallest absolute Gasteiger partial charge is 0.369 e. The van der Waals surface area contributed by atoms with Crippen LogP contribution in [0.5, 0.6) is 0 Å². The second-order valence-electron chi connectivity index (χ2n) is 7.97. The van der Waals surface area contributed by atoms with Gasteiger partial charge < -0.3 is 11.1 Å². The molecule has 7 nitrogen and oxygen atoms in total. The number of rotatable bonds is 5. The lowest BCUT2D eigenvalue weighted by Crippen LogP contribution is -2.36. The predicted molar refractivity (Wildman–Crippen MR) is 116 cm³/mol. The fourth-order valence-electron chi connectivity index (χ4n) is 4.09. The summed E-state index contributed by atoms with van der Waals surface area (Å²) in [5.74, 6) is -2.39. The lowest BCUT2D eigenvalue weighted by atomic mass is 9.71. The highest BCUT2D eigenvalue weighted by atomic mass is 32.1. The van der Waals surface area contributed by atoms with E-state index < -0.39 is 35.5 Å². The van der Waals surface area contributed by atoms with Crippen LogP contribution in [-0.2, 0) is 15.8 Å². The van der Waals surface area contributed by atoms with E-state index in [0.29, 0.717) is 22.7 Å². The zero-order valence-electron chi connectivity index (χ0n) is 17.5. The molecule has 1 aromatic carbocycles. The number of anilines is 2. The molecule has 1 saturated carbocycles. The van der Waals surface area contributed by atoms with Crippen LogP contribution in [0.3, 0.4) is 0 Å². The third kappa shape index (κ3) is 5.03. The number of aryl methyl sites for hydroxylation is 1. The Kier molecular flexibility index (Phi) is 6.15. The van der Waals surface area contributed by atoms with E-state index in [2.05, 4.69) is 20.3 Å². The van der Waals surface area contributed by atoms with Crippen molar-refractivity contribution in [2.75, 3.05) is 5.32 Å². The Labute approximate surface area is 191 Å². The summed E-state index contributed by atoms with van der Waals surface area (Å²) >= 11 is 1.35. The number of Topliss-reactive ketones (excluding diaryl/α,β-unsaturated/α-hetero) is 1. The normalized spacial score (nSPS) is 21.1. The Morgan fingerprint density at radius 3 is 2.58 bits per heavy atom. The molecule has 4 rings (SSSR count). The molecule has 1 aliphatic rings. The van der Waals surface area contributed by atoms with Gasteiger partial charge in [0.15, 0.2) is 0 Å². The molecule has 33 heavy (non-hydrogen) atoms. The van der Waals surface area contributed by atoms with Crippen LogP contribution in [0.25, 0.3) is 0 Å². The number of carbonyl (C=O) groups is 2. The molecular weight excluding hydrogens is 455 g/mol. The summed E-state index contributed by atoms with van der Waals surface area (Å²) in [5, 5.41) is 5.20. The van der Waals surface area contributed by atoms with Crippen LogP contribution in [0.15, 0.2) is 42.0 Å². The number of hydrogen-bond acceptors (Lipinski definition) is 7. The van der Waals surface area contributed by atoms with Gasteiger partial charge in [-0.2, -0.15) is 13.2 Å². The quantitative estimate of drug-likeness (QED) is 0.568. The van der Waals surface area contributed by atoms with Crippen molar-refractivity contribution in [3.05, 3.63) is 63.9 Å². The standard InChI is InChI=1S/C22H20F3N5O2S/c1-11-6-12(8-14(7-11)29-21-28-3-2-17(30-21)22(23,24)25)15-9-13(19(26)32)10-16(18(15)31)20-27-4-5-33-20/h2-8,13,15-16H,9-10H2,1H3,(H2,26,32)(H,28,29,30). The lowest BCUT2D eigenvalue weighted by Gasteiger charge is -2.32. The SMILES string of the molecule is Cc1cc(Nc2nccc(C(F)(F)F)n2)cc(C2CC(C(N)=O)CC(c3nccs3)C2=O)c1. The first kappa shape index (κ1) is 22.8. The fraction of sp³-hybridized carbons (Fsp3) is 0.318. The first-order chi connectivity index (χ1) is 15.6. The minimum Gasteiger partial charge on any atom is -0.369 e. The molecule has 1 amide bonds. The number of benzene rings is 1. The number of aromatic nitrogens is 3. The predicted octanol–water partition coefficient (Wildman–Crippen LogP) is 4.34. The topological polar surface area (TPSA) is 111 Å². The van der Waals surface area contributed by atoms with E-state index in [-0.39, 0.29) is 18.2 Å². The largest absolute Gasteiger partial charge is 0.433 e. The lowest BCUT2D eigenvalue weighted by molar-refractivity contribution is -0.141. The van der Waals surface area contributed by atoms with Gasteiger partial charge in [-0.15, -0.1) is 11.3 Å². The fourth-order valence-corrected chi connectivity index (χ4v) is 4.85. The van der Waals surface area contributed by atoms with Crippen LogP contribution in [0, 0.1) is 12.8 Å². The van der Waals surface area contributed by atoms with Gasteiger partial charge in [0.05, 0.1) is 5.92 Å². The van der Waals surface area contributed by atoms with Crippen molar-refractivity contribution in [1.29, 1.82) is 0 Å². The minimum atomic E-state index is -4.60. The average Bonchev–Trinajstić information content (AvgIpc) is 3.27. The van der Waals surface area contributed by atoms with Gasteiger partial charge in [0.1, 0.15) is 16.5 Å². The van der Waals surface area contributed by atoms with Gasteiger partial charge in [0.2, 0.25) is 11.9 Å². The van der Waals surface area contributed by atoms with E-state index in [4.69, 9.17) is 5.73 Å². The van der Waals surface area contributed by atoms with Crippen LogP contribution in [0.4, 0.5) is 24.8 Å². The second-order valence-corrected chi connectivity index (χ2v) is 8.90. The number of thiazole rings is 1. The summed E-state index contributed by atoms with van der Waals surface area (Å²) < 4.78 is 38.9. The van der Waals surface area contributed by atoms with Crippen molar-refractivity contribution in [1.82, 2.24) is 15.0 Å². The molecule has 3 unspecified atom stereocenters. The Morgan fingerprint density at radius 1 is 1.15 bits per heavy atom. The molecule has 1 aliphatic carbocycles. The molecule has 172 valence electrons. The van der Waals surface area contributed by atoms with Gasteiger partial charge in [-0.3, -0.25) is 9.59 Å². The molecule has 3 atom stereocenters. The van der Waals surface area contributed by atoms with Crippen LogP contribution in [-0.4, -0.2) is 26.6 Å². The molecular formula is C22H20F3N5O2S. The molecule has 11 heteroatoms. The van der Waals surface area contributed by atoms with E-state index in [1.165, 1.54) is 11.3 Å². The molecule has 0 bridgehead atoms. The highest BCUT2D eigenvalue weighted by Crippen LogP contribution is 2.42. The maximum absolute atomic E-state index is 13.4. The van der Waals surface area contributed by atoms with Gasteiger partial charge >= 0.3 is 6.18 Å². The summed E-state index contributed by atoms with van der Waals surface area (Å²) in [6.07, 6.45) is -1.39. The highest BCUT2D eigenvalue weighted by molar-refractivity contribution is 7.09. The monoisotopic (exact) mass is 475 g/mol. The highest BCUT2D eigenvalue weighted by Gasteiger charge is 2.41. The Morgan fingerprint density at radius 2 is 1.91 bits per heavy atom. The Balaban J connectivity index is 1.66. The van der Waals surface area contributed by atoms with Gasteiger partial charge in [0, 0.05) is 35.3 Å².